The summed E-state index contributed by atoms with van der Waals surface area (Å²) >= 11 is 1.47. The van der Waals surface area contributed by atoms with Crippen LogP contribution in [0.15, 0.2) is 41.4 Å². The lowest BCUT2D eigenvalue weighted by atomic mass is 10.1. The Balaban J connectivity index is 1.84. The van der Waals surface area contributed by atoms with Gasteiger partial charge in [-0.2, -0.15) is 0 Å². The van der Waals surface area contributed by atoms with Crippen LogP contribution in [0.5, 0.6) is 0 Å². The van der Waals surface area contributed by atoms with Gasteiger partial charge in [0, 0.05) is 16.7 Å². The van der Waals surface area contributed by atoms with Crippen molar-refractivity contribution in [2.75, 3.05) is 16.4 Å². The number of rotatable bonds is 2. The highest BCUT2D eigenvalue weighted by molar-refractivity contribution is 8.00. The van der Waals surface area contributed by atoms with Crippen LogP contribution >= 0.6 is 11.8 Å². The van der Waals surface area contributed by atoms with Crippen molar-refractivity contribution >= 4 is 35.1 Å². The van der Waals surface area contributed by atoms with Crippen LogP contribution < -0.4 is 10.6 Å². The third kappa shape index (κ3) is 2.90. The van der Waals surface area contributed by atoms with Gasteiger partial charge in [-0.05, 0) is 36.8 Å². The van der Waals surface area contributed by atoms with Gasteiger partial charge in [0.05, 0.1) is 11.4 Å². The third-order valence-electron chi connectivity index (χ3n) is 3.12. The normalized spacial score (nSPS) is 13.3. The maximum atomic E-state index is 12.3. The van der Waals surface area contributed by atoms with Crippen molar-refractivity contribution in [1.29, 1.82) is 0 Å². The Kier molecular flexibility index (Phi) is 3.62. The first-order valence-corrected chi connectivity index (χ1v) is 7.42. The van der Waals surface area contributed by atoms with Crippen LogP contribution in [-0.2, 0) is 4.79 Å². The highest BCUT2D eigenvalue weighted by Crippen LogP contribution is 2.32. The Morgan fingerprint density at radius 1 is 1.38 bits per heavy atom. The summed E-state index contributed by atoms with van der Waals surface area (Å²) in [6.45, 7) is 1.88. The minimum atomic E-state index is -0.246. The lowest BCUT2D eigenvalue weighted by Gasteiger charge is -2.17. The molecule has 1 aliphatic heterocycles. The summed E-state index contributed by atoms with van der Waals surface area (Å²) in [6.07, 6.45) is 1.63. The van der Waals surface area contributed by atoms with E-state index in [1.807, 2.05) is 25.1 Å². The Bertz CT molecular complexity index is 731. The number of fused-ring (bicyclic) bond motifs is 1. The number of hydrogen-bond acceptors (Lipinski definition) is 4. The Morgan fingerprint density at radius 2 is 2.24 bits per heavy atom. The Hall–Kier alpha value is -2.34. The van der Waals surface area contributed by atoms with E-state index in [2.05, 4.69) is 15.6 Å². The van der Waals surface area contributed by atoms with E-state index in [0.29, 0.717) is 22.8 Å². The number of thioether (sulfide) groups is 1. The molecule has 21 heavy (non-hydrogen) atoms. The second-order valence-corrected chi connectivity index (χ2v) is 5.69. The molecule has 0 saturated heterocycles. The van der Waals surface area contributed by atoms with Crippen LogP contribution in [0.4, 0.5) is 11.5 Å². The van der Waals surface area contributed by atoms with Gasteiger partial charge in [0.15, 0.2) is 0 Å². The molecule has 1 aromatic heterocycles. The summed E-state index contributed by atoms with van der Waals surface area (Å²) < 4.78 is 0. The van der Waals surface area contributed by atoms with Gasteiger partial charge in [0.1, 0.15) is 5.82 Å². The fourth-order valence-corrected chi connectivity index (χ4v) is 2.81. The minimum Gasteiger partial charge on any atom is -0.324 e. The Morgan fingerprint density at radius 3 is 3.05 bits per heavy atom. The van der Waals surface area contributed by atoms with E-state index in [4.69, 9.17) is 0 Å². The molecule has 5 nitrogen and oxygen atoms in total. The van der Waals surface area contributed by atoms with E-state index in [-0.39, 0.29) is 11.8 Å². The number of nitrogens with one attached hydrogen (secondary N) is 2. The number of pyridine rings is 1. The van der Waals surface area contributed by atoms with Crippen molar-refractivity contribution in [2.24, 2.45) is 0 Å². The summed E-state index contributed by atoms with van der Waals surface area (Å²) in [5, 5.41) is 5.55. The first kappa shape index (κ1) is 13.6. The molecule has 0 spiro atoms. The molecular weight excluding hydrogens is 286 g/mol. The van der Waals surface area contributed by atoms with Crippen LogP contribution in [-0.4, -0.2) is 22.6 Å². The highest BCUT2D eigenvalue weighted by Gasteiger charge is 2.17. The number of carbonyl (C=O) groups excluding carboxylic acids is 2. The van der Waals surface area contributed by atoms with Crippen LogP contribution in [0.25, 0.3) is 0 Å². The summed E-state index contributed by atoms with van der Waals surface area (Å²) in [4.78, 5) is 28.8. The lowest BCUT2D eigenvalue weighted by Crippen LogP contribution is -2.20. The standard InChI is InChI=1S/C15H13N3O2S/c1-9-3-2-6-16-14(9)18-15(20)10-4-5-12-11(7-10)17-13(19)8-21-12/h2-7H,8H2,1H3,(H,17,19)(H,16,18,20). The molecule has 1 aromatic carbocycles. The predicted molar refractivity (Wildman–Crippen MR) is 82.7 cm³/mol. The van der Waals surface area contributed by atoms with E-state index in [1.54, 1.807) is 18.3 Å². The van der Waals surface area contributed by atoms with Crippen molar-refractivity contribution in [1.82, 2.24) is 4.98 Å². The average molecular weight is 299 g/mol. The number of benzene rings is 1. The number of hydrogen-bond donors (Lipinski definition) is 2. The number of aromatic nitrogens is 1. The van der Waals surface area contributed by atoms with E-state index in [1.165, 1.54) is 11.8 Å². The quantitative estimate of drug-likeness (QED) is 0.894. The second kappa shape index (κ2) is 5.57. The minimum absolute atomic E-state index is 0.0503. The number of aryl methyl sites for hydroxylation is 1. The second-order valence-electron chi connectivity index (χ2n) is 4.67. The molecule has 0 unspecified atom stereocenters. The first-order chi connectivity index (χ1) is 10.1. The maximum absolute atomic E-state index is 12.3. The van der Waals surface area contributed by atoms with E-state index >= 15 is 0 Å². The smallest absolute Gasteiger partial charge is 0.256 e. The molecular formula is C15H13N3O2S. The van der Waals surface area contributed by atoms with E-state index in [0.717, 1.165) is 10.5 Å². The molecule has 3 rings (SSSR count). The van der Waals surface area contributed by atoms with Gasteiger partial charge in [0.2, 0.25) is 5.91 Å². The van der Waals surface area contributed by atoms with Gasteiger partial charge in [-0.1, -0.05) is 6.07 Å². The molecule has 6 heteroatoms. The zero-order chi connectivity index (χ0) is 14.8. The van der Waals surface area contributed by atoms with Gasteiger partial charge in [-0.25, -0.2) is 4.98 Å². The number of anilines is 2. The molecule has 2 N–H and O–H groups in total. The van der Waals surface area contributed by atoms with E-state index < -0.39 is 0 Å². The number of carbonyl (C=O) groups is 2. The molecule has 0 fully saturated rings. The fraction of sp³-hybridized carbons (Fsp3) is 0.133. The molecule has 2 amide bonds. The largest absolute Gasteiger partial charge is 0.324 e. The molecule has 0 radical (unpaired) electrons. The van der Waals surface area contributed by atoms with Crippen LogP contribution in [0.1, 0.15) is 15.9 Å². The number of amides is 2. The van der Waals surface area contributed by atoms with Gasteiger partial charge < -0.3 is 10.6 Å². The van der Waals surface area contributed by atoms with Gasteiger partial charge in [-0.3, -0.25) is 9.59 Å². The number of nitrogens with zero attached hydrogens (tertiary/aromatic N) is 1. The van der Waals surface area contributed by atoms with Crippen molar-refractivity contribution in [2.45, 2.75) is 11.8 Å². The van der Waals surface area contributed by atoms with Crippen molar-refractivity contribution in [3.8, 4) is 0 Å². The van der Waals surface area contributed by atoms with E-state index in [9.17, 15) is 9.59 Å². The van der Waals surface area contributed by atoms with Crippen LogP contribution in [0, 0.1) is 6.92 Å². The zero-order valence-corrected chi connectivity index (χ0v) is 12.2. The zero-order valence-electron chi connectivity index (χ0n) is 11.3. The highest BCUT2D eigenvalue weighted by atomic mass is 32.2. The molecule has 2 heterocycles. The molecule has 0 saturated carbocycles. The average Bonchev–Trinajstić information content (AvgIpc) is 2.48. The van der Waals surface area contributed by atoms with Crippen molar-refractivity contribution in [3.05, 3.63) is 47.7 Å². The lowest BCUT2D eigenvalue weighted by molar-refractivity contribution is -0.113. The first-order valence-electron chi connectivity index (χ1n) is 6.43. The molecule has 0 bridgehead atoms. The van der Waals surface area contributed by atoms with Crippen LogP contribution in [0.3, 0.4) is 0 Å². The van der Waals surface area contributed by atoms with Crippen molar-refractivity contribution in [3.63, 3.8) is 0 Å². The molecule has 0 aliphatic carbocycles. The molecule has 2 aromatic rings. The van der Waals surface area contributed by atoms with Gasteiger partial charge in [-0.15, -0.1) is 11.8 Å². The van der Waals surface area contributed by atoms with Gasteiger partial charge >= 0.3 is 0 Å². The third-order valence-corrected chi connectivity index (χ3v) is 4.19. The summed E-state index contributed by atoms with van der Waals surface area (Å²) in [6, 6.07) is 8.98. The maximum Gasteiger partial charge on any atom is 0.256 e. The van der Waals surface area contributed by atoms with Crippen LogP contribution in [0.2, 0.25) is 0 Å². The summed E-state index contributed by atoms with van der Waals surface area (Å²) in [5.74, 6) is 0.653. The Labute approximate surface area is 126 Å². The fourth-order valence-electron chi connectivity index (χ4n) is 2.02. The molecule has 106 valence electrons. The van der Waals surface area contributed by atoms with Crippen molar-refractivity contribution < 1.29 is 9.59 Å². The summed E-state index contributed by atoms with van der Waals surface area (Å²) in [7, 11) is 0. The predicted octanol–water partition coefficient (Wildman–Crippen LogP) is 2.69. The molecule has 0 atom stereocenters. The summed E-state index contributed by atoms with van der Waals surface area (Å²) in [5.41, 5.74) is 2.07. The molecule has 1 aliphatic rings. The topological polar surface area (TPSA) is 71.1 Å². The van der Waals surface area contributed by atoms with Gasteiger partial charge in [0.25, 0.3) is 5.91 Å². The monoisotopic (exact) mass is 299 g/mol. The SMILES string of the molecule is Cc1cccnc1NC(=O)c1ccc2c(c1)NC(=O)CS2.